The summed E-state index contributed by atoms with van der Waals surface area (Å²) in [5, 5.41) is 3.15. The lowest BCUT2D eigenvalue weighted by atomic mass is 10.1. The quantitative estimate of drug-likeness (QED) is 0.867. The normalized spacial score (nSPS) is 17.0. The molecule has 2 aromatic rings. The second-order valence-corrected chi connectivity index (χ2v) is 6.07. The Kier molecular flexibility index (Phi) is 4.11. The van der Waals surface area contributed by atoms with Crippen LogP contribution < -0.4 is 10.2 Å². The van der Waals surface area contributed by atoms with Gasteiger partial charge in [-0.25, -0.2) is 0 Å². The first-order valence-corrected chi connectivity index (χ1v) is 8.36. The summed E-state index contributed by atoms with van der Waals surface area (Å²) in [5.41, 5.74) is 2.96. The number of ether oxygens (including phenoxy) is 1. The predicted molar refractivity (Wildman–Crippen MR) is 94.9 cm³/mol. The standard InChI is InChI=1S/C19H19N3O3/c23-18-16-3-1-2-4-17(16)19(24)22(18)13-20-14-5-7-15(8-6-14)21-9-11-25-12-10-21/h1-8,20H,9-13H2. The van der Waals surface area contributed by atoms with Gasteiger partial charge in [-0.15, -0.1) is 0 Å². The van der Waals surface area contributed by atoms with Crippen molar-refractivity contribution in [3.8, 4) is 0 Å². The van der Waals surface area contributed by atoms with E-state index in [1.165, 1.54) is 4.90 Å². The van der Waals surface area contributed by atoms with Gasteiger partial charge in [0.05, 0.1) is 31.0 Å². The van der Waals surface area contributed by atoms with E-state index in [0.29, 0.717) is 11.1 Å². The number of nitrogens with one attached hydrogen (secondary N) is 1. The zero-order valence-electron chi connectivity index (χ0n) is 13.8. The van der Waals surface area contributed by atoms with Crippen LogP contribution in [-0.2, 0) is 4.74 Å². The first kappa shape index (κ1) is 15.7. The third-order valence-corrected chi connectivity index (χ3v) is 4.56. The lowest BCUT2D eigenvalue weighted by Crippen LogP contribution is -2.36. The van der Waals surface area contributed by atoms with E-state index < -0.39 is 0 Å². The number of hydrogen-bond donors (Lipinski definition) is 1. The molecule has 1 saturated heterocycles. The summed E-state index contributed by atoms with van der Waals surface area (Å²) >= 11 is 0. The van der Waals surface area contributed by atoms with Crippen molar-refractivity contribution in [1.29, 1.82) is 0 Å². The van der Waals surface area contributed by atoms with Gasteiger partial charge >= 0.3 is 0 Å². The number of imide groups is 1. The highest BCUT2D eigenvalue weighted by Gasteiger charge is 2.34. The fraction of sp³-hybridized carbons (Fsp3) is 0.263. The zero-order chi connectivity index (χ0) is 17.2. The van der Waals surface area contributed by atoms with Crippen molar-refractivity contribution < 1.29 is 14.3 Å². The summed E-state index contributed by atoms with van der Waals surface area (Å²) in [6.07, 6.45) is 0. The summed E-state index contributed by atoms with van der Waals surface area (Å²) in [6.45, 7) is 3.44. The molecule has 2 amide bonds. The first-order valence-electron chi connectivity index (χ1n) is 8.36. The Morgan fingerprint density at radius 1 is 0.880 bits per heavy atom. The molecule has 0 spiro atoms. The van der Waals surface area contributed by atoms with Gasteiger partial charge < -0.3 is 15.0 Å². The minimum absolute atomic E-state index is 0.156. The van der Waals surface area contributed by atoms with Crippen LogP contribution in [0.25, 0.3) is 0 Å². The average molecular weight is 337 g/mol. The molecule has 128 valence electrons. The van der Waals surface area contributed by atoms with Crippen LogP contribution in [0.4, 0.5) is 11.4 Å². The number of hydrogen-bond acceptors (Lipinski definition) is 5. The van der Waals surface area contributed by atoms with Crippen molar-refractivity contribution in [2.45, 2.75) is 0 Å². The molecule has 2 aliphatic heterocycles. The number of benzene rings is 2. The molecule has 2 aromatic carbocycles. The van der Waals surface area contributed by atoms with E-state index in [4.69, 9.17) is 4.74 Å². The molecule has 25 heavy (non-hydrogen) atoms. The first-order chi connectivity index (χ1) is 12.2. The fourth-order valence-corrected chi connectivity index (χ4v) is 3.16. The van der Waals surface area contributed by atoms with E-state index in [1.807, 2.05) is 24.3 Å². The van der Waals surface area contributed by atoms with Gasteiger partial charge in [-0.05, 0) is 36.4 Å². The van der Waals surface area contributed by atoms with E-state index in [-0.39, 0.29) is 18.5 Å². The largest absolute Gasteiger partial charge is 0.378 e. The maximum atomic E-state index is 12.3. The van der Waals surface area contributed by atoms with Crippen LogP contribution in [0.15, 0.2) is 48.5 Å². The Bertz CT molecular complexity index is 763. The van der Waals surface area contributed by atoms with E-state index >= 15 is 0 Å². The molecule has 1 fully saturated rings. The Labute approximate surface area is 146 Å². The monoisotopic (exact) mass is 337 g/mol. The summed E-state index contributed by atoms with van der Waals surface area (Å²) in [4.78, 5) is 28.2. The summed E-state index contributed by atoms with van der Waals surface area (Å²) in [6, 6.07) is 14.9. The Morgan fingerprint density at radius 3 is 2.08 bits per heavy atom. The number of carbonyl (C=O) groups excluding carboxylic acids is 2. The van der Waals surface area contributed by atoms with Crippen molar-refractivity contribution in [3.05, 3.63) is 59.7 Å². The number of carbonyl (C=O) groups is 2. The Hall–Kier alpha value is -2.86. The molecule has 2 heterocycles. The number of amides is 2. The van der Waals surface area contributed by atoms with Gasteiger partial charge in [0.1, 0.15) is 0 Å². The molecule has 6 nitrogen and oxygen atoms in total. The molecule has 0 unspecified atom stereocenters. The Morgan fingerprint density at radius 2 is 1.48 bits per heavy atom. The van der Waals surface area contributed by atoms with Crippen molar-refractivity contribution in [3.63, 3.8) is 0 Å². The number of fused-ring (bicyclic) bond motifs is 1. The molecule has 0 aliphatic carbocycles. The molecule has 0 atom stereocenters. The van der Waals surface area contributed by atoms with Gasteiger partial charge in [-0.2, -0.15) is 0 Å². The van der Waals surface area contributed by atoms with Crippen LogP contribution in [-0.4, -0.2) is 49.7 Å². The highest BCUT2D eigenvalue weighted by molar-refractivity contribution is 6.21. The third kappa shape index (κ3) is 2.96. The smallest absolute Gasteiger partial charge is 0.263 e. The van der Waals surface area contributed by atoms with E-state index in [9.17, 15) is 9.59 Å². The lowest BCUT2D eigenvalue weighted by Gasteiger charge is -2.29. The second kappa shape index (κ2) is 6.57. The minimum Gasteiger partial charge on any atom is -0.378 e. The molecule has 2 aliphatic rings. The van der Waals surface area contributed by atoms with Gasteiger partial charge in [-0.1, -0.05) is 12.1 Å². The average Bonchev–Trinajstić information content (AvgIpc) is 2.92. The van der Waals surface area contributed by atoms with Gasteiger partial charge in [0.25, 0.3) is 11.8 Å². The summed E-state index contributed by atoms with van der Waals surface area (Å²) < 4.78 is 5.36. The summed E-state index contributed by atoms with van der Waals surface area (Å²) in [7, 11) is 0. The van der Waals surface area contributed by atoms with Crippen LogP contribution in [0.2, 0.25) is 0 Å². The SMILES string of the molecule is O=C1c2ccccc2C(=O)N1CNc1ccc(N2CCOCC2)cc1. The van der Waals surface area contributed by atoms with Crippen LogP contribution in [0.1, 0.15) is 20.7 Å². The minimum atomic E-state index is -0.252. The highest BCUT2D eigenvalue weighted by Crippen LogP contribution is 2.23. The molecule has 4 rings (SSSR count). The highest BCUT2D eigenvalue weighted by atomic mass is 16.5. The number of rotatable bonds is 4. The summed E-state index contributed by atoms with van der Waals surface area (Å²) in [5.74, 6) is -0.504. The molecule has 0 bridgehead atoms. The molecule has 1 N–H and O–H groups in total. The second-order valence-electron chi connectivity index (χ2n) is 6.07. The van der Waals surface area contributed by atoms with Gasteiger partial charge in [0, 0.05) is 24.5 Å². The van der Waals surface area contributed by atoms with Crippen molar-refractivity contribution >= 4 is 23.2 Å². The van der Waals surface area contributed by atoms with Crippen LogP contribution in [0.5, 0.6) is 0 Å². The van der Waals surface area contributed by atoms with Crippen LogP contribution >= 0.6 is 0 Å². The van der Waals surface area contributed by atoms with Crippen molar-refractivity contribution in [2.24, 2.45) is 0 Å². The maximum absolute atomic E-state index is 12.3. The maximum Gasteiger partial charge on any atom is 0.263 e. The van der Waals surface area contributed by atoms with Crippen LogP contribution in [0, 0.1) is 0 Å². The molecular weight excluding hydrogens is 318 g/mol. The van der Waals surface area contributed by atoms with Crippen molar-refractivity contribution in [2.75, 3.05) is 43.2 Å². The Balaban J connectivity index is 1.40. The molecule has 0 aromatic heterocycles. The van der Waals surface area contributed by atoms with Gasteiger partial charge in [0.2, 0.25) is 0 Å². The molecule has 6 heteroatoms. The van der Waals surface area contributed by atoms with Crippen molar-refractivity contribution in [1.82, 2.24) is 4.90 Å². The van der Waals surface area contributed by atoms with E-state index in [1.54, 1.807) is 24.3 Å². The molecule has 0 radical (unpaired) electrons. The van der Waals surface area contributed by atoms with E-state index in [0.717, 1.165) is 37.7 Å². The molecule has 0 saturated carbocycles. The predicted octanol–water partition coefficient (Wildman–Crippen LogP) is 2.19. The van der Waals surface area contributed by atoms with E-state index in [2.05, 4.69) is 10.2 Å². The zero-order valence-corrected chi connectivity index (χ0v) is 13.8. The van der Waals surface area contributed by atoms with Crippen LogP contribution in [0.3, 0.4) is 0 Å². The lowest BCUT2D eigenvalue weighted by molar-refractivity contribution is 0.0666. The molecular formula is C19H19N3O3. The third-order valence-electron chi connectivity index (χ3n) is 4.56. The number of morpholine rings is 1. The van der Waals surface area contributed by atoms with Gasteiger partial charge in [0.15, 0.2) is 0 Å². The number of anilines is 2. The number of nitrogens with zero attached hydrogens (tertiary/aromatic N) is 2. The fourth-order valence-electron chi connectivity index (χ4n) is 3.16. The van der Waals surface area contributed by atoms with Gasteiger partial charge in [-0.3, -0.25) is 14.5 Å². The topological polar surface area (TPSA) is 61.9 Å².